The zero-order valence-corrected chi connectivity index (χ0v) is 17.7. The number of carbonyl (C=O) groups is 2. The van der Waals surface area contributed by atoms with E-state index < -0.39 is 0 Å². The maximum atomic E-state index is 12.7. The second-order valence-corrected chi connectivity index (χ2v) is 7.21. The Balaban J connectivity index is 1.81. The minimum atomic E-state index is -0.185. The van der Waals surface area contributed by atoms with E-state index in [1.165, 1.54) is 12.5 Å². The second kappa shape index (κ2) is 12.1. The average Bonchev–Trinajstić information content (AvgIpc) is 3.42. The van der Waals surface area contributed by atoms with E-state index in [4.69, 9.17) is 8.83 Å². The molecule has 0 fully saturated rings. The highest BCUT2D eigenvalue weighted by atomic mass is 16.3. The molecule has 0 aliphatic heterocycles. The molecule has 0 bridgehead atoms. The molecule has 2 aromatic heterocycles. The Hall–Kier alpha value is -2.54. The van der Waals surface area contributed by atoms with E-state index in [0.717, 1.165) is 32.5 Å². The van der Waals surface area contributed by atoms with Crippen LogP contribution < -0.4 is 5.32 Å². The summed E-state index contributed by atoms with van der Waals surface area (Å²) >= 11 is 0. The third-order valence-electron chi connectivity index (χ3n) is 5.00. The maximum Gasteiger partial charge on any atom is 0.257 e. The first-order valence-corrected chi connectivity index (χ1v) is 10.4. The first kappa shape index (κ1) is 22.7. The first-order valence-electron chi connectivity index (χ1n) is 10.4. The van der Waals surface area contributed by atoms with Crippen LogP contribution in [0.15, 0.2) is 45.8 Å². The van der Waals surface area contributed by atoms with Crippen LogP contribution in [0, 0.1) is 0 Å². The van der Waals surface area contributed by atoms with E-state index in [1.54, 1.807) is 23.3 Å². The number of nitrogens with one attached hydrogen (secondary N) is 1. The van der Waals surface area contributed by atoms with Gasteiger partial charge in [0.05, 0.1) is 24.6 Å². The Morgan fingerprint density at radius 3 is 2.55 bits per heavy atom. The fourth-order valence-electron chi connectivity index (χ4n) is 3.23. The van der Waals surface area contributed by atoms with Gasteiger partial charge in [0.15, 0.2) is 0 Å². The Morgan fingerprint density at radius 2 is 1.93 bits per heavy atom. The fraction of sp³-hybridized carbons (Fsp3) is 0.545. The van der Waals surface area contributed by atoms with Crippen LogP contribution in [0.5, 0.6) is 0 Å². The molecule has 0 radical (unpaired) electrons. The van der Waals surface area contributed by atoms with Gasteiger partial charge in [0.25, 0.3) is 5.91 Å². The average molecular weight is 404 g/mol. The van der Waals surface area contributed by atoms with Gasteiger partial charge in [-0.3, -0.25) is 9.59 Å². The van der Waals surface area contributed by atoms with Gasteiger partial charge >= 0.3 is 0 Å². The van der Waals surface area contributed by atoms with Crippen molar-refractivity contribution >= 4 is 11.8 Å². The molecule has 0 aliphatic carbocycles. The van der Waals surface area contributed by atoms with Crippen molar-refractivity contribution < 1.29 is 18.4 Å². The van der Waals surface area contributed by atoms with E-state index in [-0.39, 0.29) is 24.3 Å². The minimum Gasteiger partial charge on any atom is -0.472 e. The van der Waals surface area contributed by atoms with Gasteiger partial charge in [-0.2, -0.15) is 0 Å². The van der Waals surface area contributed by atoms with E-state index in [0.29, 0.717) is 24.4 Å². The molecule has 7 heteroatoms. The van der Waals surface area contributed by atoms with Gasteiger partial charge in [-0.05, 0) is 57.6 Å². The lowest BCUT2D eigenvalue weighted by molar-refractivity contribution is -0.122. The molecule has 1 N–H and O–H groups in total. The molecule has 1 unspecified atom stereocenters. The van der Waals surface area contributed by atoms with Crippen LogP contribution in [0.1, 0.15) is 56.2 Å². The van der Waals surface area contributed by atoms with Gasteiger partial charge in [0, 0.05) is 19.0 Å². The van der Waals surface area contributed by atoms with Gasteiger partial charge in [-0.15, -0.1) is 0 Å². The largest absolute Gasteiger partial charge is 0.472 e. The molecule has 2 aromatic rings. The summed E-state index contributed by atoms with van der Waals surface area (Å²) in [6.45, 7) is 10.1. The normalized spacial score (nSPS) is 12.1. The smallest absolute Gasteiger partial charge is 0.257 e. The van der Waals surface area contributed by atoms with Crippen molar-refractivity contribution in [2.24, 2.45) is 0 Å². The van der Waals surface area contributed by atoms with Crippen LogP contribution in [-0.2, 0) is 11.3 Å². The van der Waals surface area contributed by atoms with E-state index in [1.807, 2.05) is 13.0 Å². The quantitative estimate of drug-likeness (QED) is 0.553. The summed E-state index contributed by atoms with van der Waals surface area (Å²) in [5.41, 5.74) is 0.460. The number of carbonyl (C=O) groups excluding carboxylic acids is 2. The van der Waals surface area contributed by atoms with Crippen molar-refractivity contribution in [2.75, 3.05) is 26.2 Å². The van der Waals surface area contributed by atoms with Crippen molar-refractivity contribution in [1.82, 2.24) is 15.1 Å². The molecule has 160 valence electrons. The van der Waals surface area contributed by atoms with Gasteiger partial charge in [-0.1, -0.05) is 13.8 Å². The van der Waals surface area contributed by atoms with Gasteiger partial charge < -0.3 is 24.0 Å². The molecule has 0 saturated heterocycles. The Bertz CT molecular complexity index is 709. The number of amides is 2. The number of furan rings is 2. The predicted octanol–water partition coefficient (Wildman–Crippen LogP) is 3.53. The summed E-state index contributed by atoms with van der Waals surface area (Å²) in [6.07, 6.45) is 6.67. The van der Waals surface area contributed by atoms with E-state index in [9.17, 15) is 9.59 Å². The zero-order valence-electron chi connectivity index (χ0n) is 17.7. The Kier molecular flexibility index (Phi) is 9.50. The lowest BCUT2D eigenvalue weighted by Gasteiger charge is -2.22. The Labute approximate surface area is 173 Å². The first-order chi connectivity index (χ1) is 14.0. The SMILES string of the molecule is CCN(CC)CCCC(C)NC(=O)CCN(Cc1ccco1)C(=O)c1ccoc1. The summed E-state index contributed by atoms with van der Waals surface area (Å²) in [6, 6.07) is 5.33. The number of rotatable bonds is 13. The van der Waals surface area contributed by atoms with Crippen LogP contribution in [0.25, 0.3) is 0 Å². The number of hydrogen-bond acceptors (Lipinski definition) is 5. The van der Waals surface area contributed by atoms with Crippen molar-refractivity contribution in [2.45, 2.75) is 52.6 Å². The van der Waals surface area contributed by atoms with Gasteiger partial charge in [0.2, 0.25) is 5.91 Å². The van der Waals surface area contributed by atoms with Gasteiger partial charge in [-0.25, -0.2) is 0 Å². The fourth-order valence-corrected chi connectivity index (χ4v) is 3.23. The van der Waals surface area contributed by atoms with Crippen LogP contribution >= 0.6 is 0 Å². The number of hydrogen-bond donors (Lipinski definition) is 1. The van der Waals surface area contributed by atoms with Crippen LogP contribution in [0.2, 0.25) is 0 Å². The molecule has 2 rings (SSSR count). The summed E-state index contributed by atoms with van der Waals surface area (Å²) in [5, 5.41) is 3.04. The number of nitrogens with zero attached hydrogens (tertiary/aromatic N) is 2. The summed E-state index contributed by atoms with van der Waals surface area (Å²) in [4.78, 5) is 29.1. The summed E-state index contributed by atoms with van der Waals surface area (Å²) in [5.74, 6) is 0.437. The predicted molar refractivity (Wildman–Crippen MR) is 111 cm³/mol. The zero-order chi connectivity index (χ0) is 21.1. The lowest BCUT2D eigenvalue weighted by Crippen LogP contribution is -2.37. The molecular weight excluding hydrogens is 370 g/mol. The third-order valence-corrected chi connectivity index (χ3v) is 5.00. The lowest BCUT2D eigenvalue weighted by atomic mass is 10.1. The van der Waals surface area contributed by atoms with Crippen LogP contribution in [-0.4, -0.2) is 53.8 Å². The summed E-state index contributed by atoms with van der Waals surface area (Å²) in [7, 11) is 0. The van der Waals surface area contributed by atoms with Crippen molar-refractivity contribution in [3.05, 3.63) is 48.3 Å². The highest BCUT2D eigenvalue weighted by molar-refractivity contribution is 5.94. The monoisotopic (exact) mass is 403 g/mol. The van der Waals surface area contributed by atoms with Gasteiger partial charge in [0.1, 0.15) is 12.0 Å². The van der Waals surface area contributed by atoms with Crippen molar-refractivity contribution in [3.63, 3.8) is 0 Å². The standard InChI is InChI=1S/C22H33N3O4/c1-4-24(5-2)12-6-8-18(3)23-21(26)10-13-25(16-20-9-7-14-29-20)22(27)19-11-15-28-17-19/h7,9,11,14-15,17-18H,4-6,8,10,12-13,16H2,1-3H3,(H,23,26). The molecular formula is C22H33N3O4. The molecule has 7 nitrogen and oxygen atoms in total. The van der Waals surface area contributed by atoms with E-state index in [2.05, 4.69) is 24.1 Å². The molecule has 29 heavy (non-hydrogen) atoms. The van der Waals surface area contributed by atoms with Crippen LogP contribution in [0.4, 0.5) is 0 Å². The second-order valence-electron chi connectivity index (χ2n) is 7.21. The molecule has 0 aromatic carbocycles. The van der Waals surface area contributed by atoms with E-state index >= 15 is 0 Å². The van der Waals surface area contributed by atoms with Crippen molar-refractivity contribution in [1.29, 1.82) is 0 Å². The molecule has 0 saturated carbocycles. The molecule has 0 aliphatic rings. The van der Waals surface area contributed by atoms with Crippen molar-refractivity contribution in [3.8, 4) is 0 Å². The topological polar surface area (TPSA) is 78.9 Å². The maximum absolute atomic E-state index is 12.7. The highest BCUT2D eigenvalue weighted by Crippen LogP contribution is 2.12. The molecule has 2 heterocycles. The third kappa shape index (κ3) is 7.77. The van der Waals surface area contributed by atoms with Crippen LogP contribution in [0.3, 0.4) is 0 Å². The Morgan fingerprint density at radius 1 is 1.14 bits per heavy atom. The summed E-state index contributed by atoms with van der Waals surface area (Å²) < 4.78 is 10.4. The molecule has 1 atom stereocenters. The molecule has 0 spiro atoms. The highest BCUT2D eigenvalue weighted by Gasteiger charge is 2.20. The minimum absolute atomic E-state index is 0.0511. The molecule has 2 amide bonds.